The summed E-state index contributed by atoms with van der Waals surface area (Å²) in [5.41, 5.74) is -0.841. The van der Waals surface area contributed by atoms with Crippen LogP contribution in [0, 0.1) is 5.92 Å². The zero-order chi connectivity index (χ0) is 16.9. The van der Waals surface area contributed by atoms with E-state index in [4.69, 9.17) is 0 Å². The van der Waals surface area contributed by atoms with Gasteiger partial charge in [-0.3, -0.25) is 0 Å². The molecular weight excluding hydrogens is 325 g/mol. The molecule has 2 atom stereocenters. The lowest BCUT2D eigenvalue weighted by Crippen LogP contribution is -2.45. The normalized spacial score (nSPS) is 22.9. The lowest BCUT2D eigenvalue weighted by atomic mass is 9.87. The van der Waals surface area contributed by atoms with Gasteiger partial charge in [0, 0.05) is 18.0 Å². The molecule has 0 bridgehead atoms. The highest BCUT2D eigenvalue weighted by molar-refractivity contribution is 7.09. The van der Waals surface area contributed by atoms with E-state index >= 15 is 0 Å². The van der Waals surface area contributed by atoms with Gasteiger partial charge in [-0.05, 0) is 25.7 Å². The van der Waals surface area contributed by atoms with Crippen molar-refractivity contribution in [3.8, 4) is 0 Å². The van der Waals surface area contributed by atoms with Crippen LogP contribution in [0.5, 0.6) is 0 Å². The van der Waals surface area contributed by atoms with Gasteiger partial charge in [-0.25, -0.2) is 9.98 Å². The predicted molar refractivity (Wildman–Crippen MR) is 86.5 cm³/mol. The van der Waals surface area contributed by atoms with E-state index in [1.807, 2.05) is 6.92 Å². The third-order valence-corrected chi connectivity index (χ3v) is 4.67. The Balaban J connectivity index is 1.96. The fourth-order valence-electron chi connectivity index (χ4n) is 2.74. The molecule has 0 saturated heterocycles. The van der Waals surface area contributed by atoms with E-state index < -0.39 is 11.9 Å². The van der Waals surface area contributed by atoms with E-state index in [0.29, 0.717) is 29.5 Å². The third kappa shape index (κ3) is 5.67. The van der Waals surface area contributed by atoms with E-state index in [2.05, 4.69) is 27.5 Å². The van der Waals surface area contributed by atoms with Gasteiger partial charge < -0.3 is 10.6 Å². The molecule has 1 heterocycles. The highest BCUT2D eigenvalue weighted by Crippen LogP contribution is 2.30. The standard InChI is InChI=1S/C15H23F3N4S/c1-3-19-14(21-11-6-4-5-10(2)7-11)20-8-13-22-12(9-23-13)15(16,17)18/h9-11H,3-8H2,1-2H3,(H2,19,20,21). The molecule has 1 aromatic heterocycles. The summed E-state index contributed by atoms with van der Waals surface area (Å²) in [6.45, 7) is 5.07. The van der Waals surface area contributed by atoms with Crippen molar-refractivity contribution in [1.29, 1.82) is 0 Å². The van der Waals surface area contributed by atoms with Crippen LogP contribution in [0.4, 0.5) is 13.2 Å². The summed E-state index contributed by atoms with van der Waals surface area (Å²) in [6, 6.07) is 0.374. The van der Waals surface area contributed by atoms with Crippen LogP contribution in [0.15, 0.2) is 10.4 Å². The number of nitrogens with one attached hydrogen (secondary N) is 2. The minimum absolute atomic E-state index is 0.151. The van der Waals surface area contributed by atoms with Gasteiger partial charge in [-0.1, -0.05) is 19.8 Å². The molecule has 0 radical (unpaired) electrons. The lowest BCUT2D eigenvalue weighted by molar-refractivity contribution is -0.140. The number of guanidine groups is 1. The molecule has 2 rings (SSSR count). The van der Waals surface area contributed by atoms with Crippen LogP contribution in [0.1, 0.15) is 50.2 Å². The first kappa shape index (κ1) is 18.0. The molecule has 1 saturated carbocycles. The first-order valence-corrected chi connectivity index (χ1v) is 8.83. The maximum absolute atomic E-state index is 12.6. The van der Waals surface area contributed by atoms with Crippen molar-refractivity contribution < 1.29 is 13.2 Å². The van der Waals surface area contributed by atoms with Crippen molar-refractivity contribution in [3.63, 3.8) is 0 Å². The summed E-state index contributed by atoms with van der Waals surface area (Å²) < 4.78 is 37.7. The third-order valence-electron chi connectivity index (χ3n) is 3.84. The molecule has 1 aliphatic rings. The topological polar surface area (TPSA) is 49.3 Å². The fourth-order valence-corrected chi connectivity index (χ4v) is 3.46. The van der Waals surface area contributed by atoms with Gasteiger partial charge in [-0.15, -0.1) is 11.3 Å². The van der Waals surface area contributed by atoms with Crippen molar-refractivity contribution in [2.45, 2.75) is 58.3 Å². The van der Waals surface area contributed by atoms with Crippen LogP contribution >= 0.6 is 11.3 Å². The second-order valence-corrected chi connectivity index (χ2v) is 6.88. The van der Waals surface area contributed by atoms with Gasteiger partial charge in [-0.2, -0.15) is 13.2 Å². The molecule has 0 amide bonds. The smallest absolute Gasteiger partial charge is 0.357 e. The lowest BCUT2D eigenvalue weighted by Gasteiger charge is -2.28. The highest BCUT2D eigenvalue weighted by atomic mass is 32.1. The first-order chi connectivity index (χ1) is 10.9. The van der Waals surface area contributed by atoms with Crippen LogP contribution < -0.4 is 10.6 Å². The van der Waals surface area contributed by atoms with E-state index in [9.17, 15) is 13.2 Å². The number of nitrogens with zero attached hydrogens (tertiary/aromatic N) is 2. The van der Waals surface area contributed by atoms with Crippen molar-refractivity contribution >= 4 is 17.3 Å². The monoisotopic (exact) mass is 348 g/mol. The molecule has 8 heteroatoms. The van der Waals surface area contributed by atoms with E-state index in [1.165, 1.54) is 12.8 Å². The van der Waals surface area contributed by atoms with Crippen LogP contribution in [0.2, 0.25) is 0 Å². The Morgan fingerprint density at radius 3 is 2.83 bits per heavy atom. The molecule has 0 aliphatic heterocycles. The maximum atomic E-state index is 12.6. The van der Waals surface area contributed by atoms with E-state index in [-0.39, 0.29) is 6.54 Å². The molecule has 1 aromatic rings. The molecule has 1 aliphatic carbocycles. The number of hydrogen-bond donors (Lipinski definition) is 2. The number of aromatic nitrogens is 1. The summed E-state index contributed by atoms with van der Waals surface area (Å²) in [6.07, 6.45) is 0.258. The highest BCUT2D eigenvalue weighted by Gasteiger charge is 2.33. The number of hydrogen-bond acceptors (Lipinski definition) is 3. The minimum atomic E-state index is -4.39. The minimum Gasteiger partial charge on any atom is -0.357 e. The Morgan fingerprint density at radius 2 is 2.22 bits per heavy atom. The summed E-state index contributed by atoms with van der Waals surface area (Å²) in [7, 11) is 0. The Morgan fingerprint density at radius 1 is 1.43 bits per heavy atom. The quantitative estimate of drug-likeness (QED) is 0.643. The van der Waals surface area contributed by atoms with Gasteiger partial charge in [0.15, 0.2) is 11.7 Å². The molecular formula is C15H23F3N4S. The van der Waals surface area contributed by atoms with Crippen LogP contribution in [0.25, 0.3) is 0 Å². The maximum Gasteiger partial charge on any atom is 0.434 e. The molecule has 4 nitrogen and oxygen atoms in total. The predicted octanol–water partition coefficient (Wildman–Crippen LogP) is 3.80. The largest absolute Gasteiger partial charge is 0.434 e. The summed E-state index contributed by atoms with van der Waals surface area (Å²) >= 11 is 0.989. The van der Waals surface area contributed by atoms with Crippen molar-refractivity contribution in [3.05, 3.63) is 16.1 Å². The number of rotatable bonds is 4. The number of halogens is 3. The zero-order valence-electron chi connectivity index (χ0n) is 13.4. The van der Waals surface area contributed by atoms with Crippen molar-refractivity contribution in [2.75, 3.05) is 6.54 Å². The molecule has 1 fully saturated rings. The summed E-state index contributed by atoms with van der Waals surface area (Å²) in [5, 5.41) is 7.94. The van der Waals surface area contributed by atoms with Crippen molar-refractivity contribution in [2.24, 2.45) is 10.9 Å². The average molecular weight is 348 g/mol. The first-order valence-electron chi connectivity index (χ1n) is 7.95. The van der Waals surface area contributed by atoms with Gasteiger partial charge in [0.2, 0.25) is 0 Å². The number of alkyl halides is 3. The Bertz CT molecular complexity index is 527. The van der Waals surface area contributed by atoms with Gasteiger partial charge in [0.1, 0.15) is 5.01 Å². The molecule has 2 N–H and O–H groups in total. The van der Waals surface area contributed by atoms with Crippen LogP contribution in [-0.2, 0) is 12.7 Å². The zero-order valence-corrected chi connectivity index (χ0v) is 14.2. The SMILES string of the molecule is CCNC(=NCc1nc(C(F)(F)F)cs1)NC1CCCC(C)C1. The molecule has 130 valence electrons. The van der Waals surface area contributed by atoms with Crippen molar-refractivity contribution in [1.82, 2.24) is 15.6 Å². The van der Waals surface area contributed by atoms with Gasteiger partial charge >= 0.3 is 6.18 Å². The van der Waals surface area contributed by atoms with Crippen LogP contribution in [0.3, 0.4) is 0 Å². The Kier molecular flexibility index (Phi) is 6.26. The average Bonchev–Trinajstić information content (AvgIpc) is 2.94. The van der Waals surface area contributed by atoms with Crippen LogP contribution in [-0.4, -0.2) is 23.5 Å². The van der Waals surface area contributed by atoms with Gasteiger partial charge in [0.25, 0.3) is 0 Å². The number of thiazole rings is 1. The van der Waals surface area contributed by atoms with E-state index in [0.717, 1.165) is 29.6 Å². The summed E-state index contributed by atoms with van der Waals surface area (Å²) in [4.78, 5) is 7.98. The van der Waals surface area contributed by atoms with Gasteiger partial charge in [0.05, 0.1) is 6.54 Å². The second-order valence-electron chi connectivity index (χ2n) is 5.93. The molecule has 2 unspecified atom stereocenters. The fraction of sp³-hybridized carbons (Fsp3) is 0.733. The van der Waals surface area contributed by atoms with E-state index in [1.54, 1.807) is 0 Å². The molecule has 0 aromatic carbocycles. The summed E-state index contributed by atoms with van der Waals surface area (Å²) in [5.74, 6) is 1.34. The molecule has 23 heavy (non-hydrogen) atoms. The number of aliphatic imine (C=N–C) groups is 1. The molecule has 0 spiro atoms. The second kappa shape index (κ2) is 7.99. The Labute approximate surface area is 138 Å². The Hall–Kier alpha value is -1.31.